The van der Waals surface area contributed by atoms with Gasteiger partial charge in [-0.15, -0.1) is 0 Å². The van der Waals surface area contributed by atoms with E-state index in [1.165, 1.54) is 0 Å². The minimum Gasteiger partial charge on any atom is -0.388 e. The Hall–Kier alpha value is -0.160. The molecule has 0 bridgehead atoms. The SMILES string of the molecule is CC(C)[C@H]1OC(C)[C@H](O)[C@@H](O)[C@@H]1O. The molecule has 4 heteroatoms. The molecule has 1 rings (SSSR count). The Kier molecular flexibility index (Phi) is 3.29. The van der Waals surface area contributed by atoms with Crippen LogP contribution in [0.1, 0.15) is 20.8 Å². The number of aliphatic hydroxyl groups excluding tert-OH is 3. The zero-order valence-electron chi connectivity index (χ0n) is 8.21. The van der Waals surface area contributed by atoms with Crippen molar-refractivity contribution in [2.45, 2.75) is 51.3 Å². The Morgan fingerprint density at radius 2 is 1.54 bits per heavy atom. The fourth-order valence-electron chi connectivity index (χ4n) is 1.63. The van der Waals surface area contributed by atoms with Gasteiger partial charge in [0.2, 0.25) is 0 Å². The van der Waals surface area contributed by atoms with Crippen molar-refractivity contribution in [2.24, 2.45) is 5.92 Å². The third-order valence-electron chi connectivity index (χ3n) is 2.55. The van der Waals surface area contributed by atoms with Crippen molar-refractivity contribution >= 4 is 0 Å². The molecule has 0 aromatic carbocycles. The number of ether oxygens (including phenoxy) is 1. The number of hydrogen-bond donors (Lipinski definition) is 3. The Morgan fingerprint density at radius 1 is 1.00 bits per heavy atom. The molecular weight excluding hydrogens is 172 g/mol. The van der Waals surface area contributed by atoms with Crippen molar-refractivity contribution < 1.29 is 20.1 Å². The summed E-state index contributed by atoms with van der Waals surface area (Å²) >= 11 is 0. The van der Waals surface area contributed by atoms with Crippen LogP contribution in [-0.4, -0.2) is 45.8 Å². The lowest BCUT2D eigenvalue weighted by atomic mass is 9.90. The molecule has 4 nitrogen and oxygen atoms in total. The number of rotatable bonds is 1. The van der Waals surface area contributed by atoms with Gasteiger partial charge in [-0.1, -0.05) is 13.8 Å². The molecule has 3 N–H and O–H groups in total. The second kappa shape index (κ2) is 3.92. The first-order valence-electron chi connectivity index (χ1n) is 4.64. The van der Waals surface area contributed by atoms with Crippen LogP contribution in [0, 0.1) is 5.92 Å². The summed E-state index contributed by atoms with van der Waals surface area (Å²) in [5, 5.41) is 28.4. The molecule has 1 aliphatic rings. The zero-order chi connectivity index (χ0) is 10.2. The van der Waals surface area contributed by atoms with E-state index in [-0.39, 0.29) is 5.92 Å². The highest BCUT2D eigenvalue weighted by atomic mass is 16.5. The van der Waals surface area contributed by atoms with Gasteiger partial charge in [-0.05, 0) is 12.8 Å². The van der Waals surface area contributed by atoms with Gasteiger partial charge >= 0.3 is 0 Å². The van der Waals surface area contributed by atoms with Gasteiger partial charge in [0.15, 0.2) is 0 Å². The van der Waals surface area contributed by atoms with E-state index in [2.05, 4.69) is 0 Å². The number of hydrogen-bond acceptors (Lipinski definition) is 4. The molecule has 0 aromatic rings. The van der Waals surface area contributed by atoms with Gasteiger partial charge in [-0.25, -0.2) is 0 Å². The highest BCUT2D eigenvalue weighted by molar-refractivity contribution is 4.91. The van der Waals surface area contributed by atoms with E-state index < -0.39 is 30.5 Å². The van der Waals surface area contributed by atoms with Crippen LogP contribution in [0.2, 0.25) is 0 Å². The maximum absolute atomic E-state index is 9.56. The average Bonchev–Trinajstić information content (AvgIpc) is 2.07. The fourth-order valence-corrected chi connectivity index (χ4v) is 1.63. The van der Waals surface area contributed by atoms with E-state index in [9.17, 15) is 15.3 Å². The van der Waals surface area contributed by atoms with Gasteiger partial charge in [-0.2, -0.15) is 0 Å². The van der Waals surface area contributed by atoms with E-state index in [4.69, 9.17) is 4.74 Å². The molecule has 0 radical (unpaired) electrons. The van der Waals surface area contributed by atoms with Gasteiger partial charge in [0, 0.05) is 0 Å². The van der Waals surface area contributed by atoms with Crippen molar-refractivity contribution in [1.29, 1.82) is 0 Å². The zero-order valence-corrected chi connectivity index (χ0v) is 8.21. The van der Waals surface area contributed by atoms with E-state index in [1.54, 1.807) is 6.92 Å². The molecule has 0 saturated carbocycles. The lowest BCUT2D eigenvalue weighted by Gasteiger charge is -2.41. The van der Waals surface area contributed by atoms with Gasteiger partial charge in [0.1, 0.15) is 18.3 Å². The largest absolute Gasteiger partial charge is 0.388 e. The Labute approximate surface area is 78.1 Å². The smallest absolute Gasteiger partial charge is 0.111 e. The van der Waals surface area contributed by atoms with Gasteiger partial charge in [-0.3, -0.25) is 0 Å². The molecule has 5 atom stereocenters. The highest BCUT2D eigenvalue weighted by Crippen LogP contribution is 2.25. The van der Waals surface area contributed by atoms with Crippen LogP contribution in [-0.2, 0) is 4.74 Å². The molecule has 13 heavy (non-hydrogen) atoms. The maximum Gasteiger partial charge on any atom is 0.111 e. The quantitative estimate of drug-likeness (QED) is 0.522. The predicted octanol–water partition coefficient (Wildman–Crippen LogP) is -0.488. The summed E-state index contributed by atoms with van der Waals surface area (Å²) in [7, 11) is 0. The summed E-state index contributed by atoms with van der Waals surface area (Å²) < 4.78 is 5.38. The monoisotopic (exact) mass is 190 g/mol. The molecule has 0 spiro atoms. The summed E-state index contributed by atoms with van der Waals surface area (Å²) in [5.41, 5.74) is 0. The minimum atomic E-state index is -1.10. The molecular formula is C9H18O4. The molecule has 0 aromatic heterocycles. The Morgan fingerprint density at radius 3 is 2.00 bits per heavy atom. The first-order valence-corrected chi connectivity index (χ1v) is 4.64. The third kappa shape index (κ3) is 2.02. The van der Waals surface area contributed by atoms with Crippen molar-refractivity contribution in [1.82, 2.24) is 0 Å². The van der Waals surface area contributed by atoms with Gasteiger partial charge in [0.25, 0.3) is 0 Å². The van der Waals surface area contributed by atoms with Crippen molar-refractivity contribution in [3.63, 3.8) is 0 Å². The van der Waals surface area contributed by atoms with Crippen molar-refractivity contribution in [3.05, 3.63) is 0 Å². The van der Waals surface area contributed by atoms with E-state index in [0.29, 0.717) is 0 Å². The van der Waals surface area contributed by atoms with Crippen LogP contribution in [0.5, 0.6) is 0 Å². The molecule has 78 valence electrons. The number of aliphatic hydroxyl groups is 3. The molecule has 1 heterocycles. The standard InChI is InChI=1S/C9H18O4/c1-4(2)9-8(12)7(11)6(10)5(3)13-9/h4-12H,1-3H3/t5?,6-,7+,8-,9+/m0/s1. The van der Waals surface area contributed by atoms with Crippen molar-refractivity contribution in [2.75, 3.05) is 0 Å². The molecule has 1 fully saturated rings. The van der Waals surface area contributed by atoms with Crippen molar-refractivity contribution in [3.8, 4) is 0 Å². The lowest BCUT2D eigenvalue weighted by Crippen LogP contribution is -2.57. The Bertz CT molecular complexity index is 171. The highest BCUT2D eigenvalue weighted by Gasteiger charge is 2.42. The fraction of sp³-hybridized carbons (Fsp3) is 1.00. The first kappa shape index (κ1) is 10.9. The first-order chi connectivity index (χ1) is 5.95. The van der Waals surface area contributed by atoms with Crippen LogP contribution >= 0.6 is 0 Å². The molecule has 1 unspecified atom stereocenters. The third-order valence-corrected chi connectivity index (χ3v) is 2.55. The Balaban J connectivity index is 2.70. The van der Waals surface area contributed by atoms with E-state index >= 15 is 0 Å². The summed E-state index contributed by atoms with van der Waals surface area (Å²) in [5.74, 6) is 0.125. The van der Waals surface area contributed by atoms with Crippen LogP contribution in [0.3, 0.4) is 0 Å². The van der Waals surface area contributed by atoms with Crippen LogP contribution in [0.25, 0.3) is 0 Å². The summed E-state index contributed by atoms with van der Waals surface area (Å²) in [4.78, 5) is 0. The topological polar surface area (TPSA) is 69.9 Å². The van der Waals surface area contributed by atoms with Crippen LogP contribution in [0.4, 0.5) is 0 Å². The van der Waals surface area contributed by atoms with Crippen LogP contribution < -0.4 is 0 Å². The second-order valence-corrected chi connectivity index (χ2v) is 4.02. The molecule has 1 saturated heterocycles. The predicted molar refractivity (Wildman–Crippen MR) is 47.2 cm³/mol. The van der Waals surface area contributed by atoms with E-state index in [1.807, 2.05) is 13.8 Å². The molecule has 1 aliphatic heterocycles. The average molecular weight is 190 g/mol. The lowest BCUT2D eigenvalue weighted by molar-refractivity contribution is -0.226. The maximum atomic E-state index is 9.56. The van der Waals surface area contributed by atoms with Crippen LogP contribution in [0.15, 0.2) is 0 Å². The van der Waals surface area contributed by atoms with Gasteiger partial charge < -0.3 is 20.1 Å². The summed E-state index contributed by atoms with van der Waals surface area (Å²) in [6.07, 6.45) is -3.91. The summed E-state index contributed by atoms with van der Waals surface area (Å²) in [6.45, 7) is 5.51. The van der Waals surface area contributed by atoms with Gasteiger partial charge in [0.05, 0.1) is 12.2 Å². The normalized spacial score (nSPS) is 46.8. The minimum absolute atomic E-state index is 0.125. The van der Waals surface area contributed by atoms with E-state index in [0.717, 1.165) is 0 Å². The molecule has 0 amide bonds. The molecule has 0 aliphatic carbocycles. The summed E-state index contributed by atoms with van der Waals surface area (Å²) in [6, 6.07) is 0. The second-order valence-electron chi connectivity index (χ2n) is 4.02.